The van der Waals surface area contributed by atoms with Gasteiger partial charge in [0.15, 0.2) is 22.9 Å². The number of halogens is 2. The number of carboxylic acids is 1. The highest BCUT2D eigenvalue weighted by atomic mass is 19.1. The van der Waals surface area contributed by atoms with Gasteiger partial charge in [0, 0.05) is 0 Å². The van der Waals surface area contributed by atoms with Gasteiger partial charge < -0.3 is 15.6 Å². The van der Waals surface area contributed by atoms with E-state index < -0.39 is 35.5 Å². The number of ether oxygens (including phenoxy) is 1. The van der Waals surface area contributed by atoms with Gasteiger partial charge in [-0.1, -0.05) is 6.07 Å². The minimum Gasteiger partial charge on any atom is -0.485 e. The lowest BCUT2D eigenvalue weighted by Gasteiger charge is -2.24. The van der Waals surface area contributed by atoms with E-state index in [0.29, 0.717) is 12.8 Å². The number of benzene rings is 1. The summed E-state index contributed by atoms with van der Waals surface area (Å²) >= 11 is 0. The molecule has 0 amide bonds. The standard InChI is InChI=1S/C12H13F2NO3/c13-8-2-1-3-9(14)10(8)18-6-12(15,11(16)17)7-4-5-7/h1-3,7H,4-6,15H2,(H,16,17). The normalized spacial score (nSPS) is 18.2. The van der Waals surface area contributed by atoms with E-state index in [1.165, 1.54) is 6.07 Å². The SMILES string of the molecule is NC(COc1c(F)cccc1F)(C(=O)O)C1CC1. The number of rotatable bonds is 5. The Morgan fingerprint density at radius 2 is 2.00 bits per heavy atom. The van der Waals surface area contributed by atoms with Crippen LogP contribution < -0.4 is 10.5 Å². The van der Waals surface area contributed by atoms with E-state index in [9.17, 15) is 13.6 Å². The molecule has 0 aromatic heterocycles. The van der Waals surface area contributed by atoms with Crippen molar-refractivity contribution < 1.29 is 23.4 Å². The Labute approximate surface area is 102 Å². The third-order valence-electron chi connectivity index (χ3n) is 3.08. The number of para-hydroxylation sites is 1. The summed E-state index contributed by atoms with van der Waals surface area (Å²) in [5, 5.41) is 9.07. The van der Waals surface area contributed by atoms with Crippen LogP contribution in [0.5, 0.6) is 5.75 Å². The predicted molar refractivity (Wildman–Crippen MR) is 59.1 cm³/mol. The van der Waals surface area contributed by atoms with Crippen LogP contribution in [0.15, 0.2) is 18.2 Å². The maximum absolute atomic E-state index is 13.3. The molecule has 2 rings (SSSR count). The molecule has 1 saturated carbocycles. The van der Waals surface area contributed by atoms with Crippen LogP contribution in [0, 0.1) is 17.6 Å². The van der Waals surface area contributed by atoms with Crippen LogP contribution in [0.3, 0.4) is 0 Å². The van der Waals surface area contributed by atoms with E-state index in [4.69, 9.17) is 15.6 Å². The summed E-state index contributed by atoms with van der Waals surface area (Å²) in [6.07, 6.45) is 1.37. The first kappa shape index (κ1) is 12.8. The molecular formula is C12H13F2NO3. The van der Waals surface area contributed by atoms with Crippen molar-refractivity contribution >= 4 is 5.97 Å². The molecule has 1 aliphatic rings. The Balaban J connectivity index is 2.13. The number of aliphatic carboxylic acids is 1. The van der Waals surface area contributed by atoms with Crippen LogP contribution >= 0.6 is 0 Å². The fraction of sp³-hybridized carbons (Fsp3) is 0.417. The Morgan fingerprint density at radius 1 is 1.44 bits per heavy atom. The first-order chi connectivity index (χ1) is 8.45. The zero-order valence-electron chi connectivity index (χ0n) is 9.53. The van der Waals surface area contributed by atoms with Crippen molar-refractivity contribution in [2.75, 3.05) is 6.61 Å². The first-order valence-corrected chi connectivity index (χ1v) is 5.54. The van der Waals surface area contributed by atoms with E-state index in [0.717, 1.165) is 12.1 Å². The van der Waals surface area contributed by atoms with E-state index in [1.807, 2.05) is 0 Å². The molecule has 1 aromatic carbocycles. The van der Waals surface area contributed by atoms with Gasteiger partial charge >= 0.3 is 5.97 Å². The summed E-state index contributed by atoms with van der Waals surface area (Å²) in [5.74, 6) is -3.77. The minimum absolute atomic E-state index is 0.204. The largest absolute Gasteiger partial charge is 0.485 e. The highest BCUT2D eigenvalue weighted by molar-refractivity contribution is 5.79. The number of hydrogen-bond donors (Lipinski definition) is 2. The number of carbonyl (C=O) groups is 1. The van der Waals surface area contributed by atoms with Gasteiger partial charge in [0.2, 0.25) is 0 Å². The average Bonchev–Trinajstić information content (AvgIpc) is 3.11. The van der Waals surface area contributed by atoms with E-state index >= 15 is 0 Å². The molecule has 4 nitrogen and oxygen atoms in total. The Kier molecular flexibility index (Phi) is 3.21. The predicted octanol–water partition coefficient (Wildman–Crippen LogP) is 1.54. The molecule has 3 N–H and O–H groups in total. The second kappa shape index (κ2) is 4.53. The van der Waals surface area contributed by atoms with Crippen LogP contribution in [0.1, 0.15) is 12.8 Å². The van der Waals surface area contributed by atoms with Crippen molar-refractivity contribution in [1.29, 1.82) is 0 Å². The summed E-state index contributed by atoms with van der Waals surface area (Å²) in [4.78, 5) is 11.1. The lowest BCUT2D eigenvalue weighted by molar-refractivity contribution is -0.145. The van der Waals surface area contributed by atoms with Crippen LogP contribution in [0.25, 0.3) is 0 Å². The summed E-state index contributed by atoms with van der Waals surface area (Å²) in [7, 11) is 0. The van der Waals surface area contributed by atoms with Crippen molar-refractivity contribution in [3.63, 3.8) is 0 Å². The van der Waals surface area contributed by atoms with Crippen molar-refractivity contribution in [3.05, 3.63) is 29.8 Å². The van der Waals surface area contributed by atoms with Crippen LogP contribution in [0.2, 0.25) is 0 Å². The van der Waals surface area contributed by atoms with Gasteiger partial charge in [0.05, 0.1) is 0 Å². The topological polar surface area (TPSA) is 72.5 Å². The molecule has 1 aliphatic carbocycles. The monoisotopic (exact) mass is 257 g/mol. The fourth-order valence-electron chi connectivity index (χ4n) is 1.76. The van der Waals surface area contributed by atoms with Gasteiger partial charge in [-0.3, -0.25) is 4.79 Å². The third-order valence-corrected chi connectivity index (χ3v) is 3.08. The molecule has 98 valence electrons. The first-order valence-electron chi connectivity index (χ1n) is 5.54. The highest BCUT2D eigenvalue weighted by Gasteiger charge is 2.49. The van der Waals surface area contributed by atoms with Crippen molar-refractivity contribution in [2.45, 2.75) is 18.4 Å². The van der Waals surface area contributed by atoms with Gasteiger partial charge in [0.25, 0.3) is 0 Å². The lowest BCUT2D eigenvalue weighted by Crippen LogP contribution is -2.55. The lowest BCUT2D eigenvalue weighted by atomic mass is 9.96. The van der Waals surface area contributed by atoms with Crippen molar-refractivity contribution in [3.8, 4) is 5.75 Å². The molecule has 0 saturated heterocycles. The Morgan fingerprint density at radius 3 is 2.44 bits per heavy atom. The smallest absolute Gasteiger partial charge is 0.327 e. The molecule has 1 aromatic rings. The maximum atomic E-state index is 13.3. The summed E-state index contributed by atoms with van der Waals surface area (Å²) in [6.45, 7) is -0.454. The molecular weight excluding hydrogens is 244 g/mol. The third kappa shape index (κ3) is 2.28. The van der Waals surface area contributed by atoms with Crippen molar-refractivity contribution in [1.82, 2.24) is 0 Å². The minimum atomic E-state index is -1.59. The molecule has 18 heavy (non-hydrogen) atoms. The zero-order chi connectivity index (χ0) is 13.3. The molecule has 0 aliphatic heterocycles. The molecule has 1 unspecified atom stereocenters. The van der Waals surface area contributed by atoms with Gasteiger partial charge in [-0.05, 0) is 30.9 Å². The second-order valence-corrected chi connectivity index (χ2v) is 4.46. The van der Waals surface area contributed by atoms with E-state index in [1.54, 1.807) is 0 Å². The second-order valence-electron chi connectivity index (χ2n) is 4.46. The quantitative estimate of drug-likeness (QED) is 0.839. The van der Waals surface area contributed by atoms with Gasteiger partial charge in [0.1, 0.15) is 6.61 Å². The molecule has 1 fully saturated rings. The van der Waals surface area contributed by atoms with Gasteiger partial charge in [-0.2, -0.15) is 0 Å². The van der Waals surface area contributed by atoms with Gasteiger partial charge in [-0.25, -0.2) is 8.78 Å². The van der Waals surface area contributed by atoms with Gasteiger partial charge in [-0.15, -0.1) is 0 Å². The maximum Gasteiger partial charge on any atom is 0.327 e. The Hall–Kier alpha value is -1.69. The Bertz CT molecular complexity index is 456. The fourth-order valence-corrected chi connectivity index (χ4v) is 1.76. The van der Waals surface area contributed by atoms with Crippen LogP contribution in [0.4, 0.5) is 8.78 Å². The summed E-state index contributed by atoms with van der Waals surface area (Å²) in [5.41, 5.74) is 4.14. The number of carboxylic acid groups (broad SMARTS) is 1. The van der Waals surface area contributed by atoms with E-state index in [2.05, 4.69) is 0 Å². The zero-order valence-corrected chi connectivity index (χ0v) is 9.53. The summed E-state index contributed by atoms with van der Waals surface area (Å²) < 4.78 is 31.5. The molecule has 0 spiro atoms. The summed E-state index contributed by atoms with van der Waals surface area (Å²) in [6, 6.07) is 3.27. The molecule has 0 radical (unpaired) electrons. The van der Waals surface area contributed by atoms with Crippen LogP contribution in [-0.2, 0) is 4.79 Å². The van der Waals surface area contributed by atoms with E-state index in [-0.39, 0.29) is 5.92 Å². The number of nitrogens with two attached hydrogens (primary N) is 1. The van der Waals surface area contributed by atoms with Crippen molar-refractivity contribution in [2.24, 2.45) is 11.7 Å². The molecule has 0 heterocycles. The molecule has 6 heteroatoms. The van der Waals surface area contributed by atoms with Crippen LogP contribution in [-0.4, -0.2) is 23.2 Å². The number of hydrogen-bond acceptors (Lipinski definition) is 3. The molecule has 1 atom stereocenters. The average molecular weight is 257 g/mol. The molecule has 0 bridgehead atoms. The highest BCUT2D eigenvalue weighted by Crippen LogP contribution is 2.39.